The van der Waals surface area contributed by atoms with E-state index in [0.29, 0.717) is 0 Å². The van der Waals surface area contributed by atoms with Crippen LogP contribution in [0.2, 0.25) is 5.02 Å². The van der Waals surface area contributed by atoms with E-state index in [-0.39, 0.29) is 21.2 Å². The van der Waals surface area contributed by atoms with Crippen molar-refractivity contribution in [3.05, 3.63) is 58.6 Å². The smallest absolute Gasteiger partial charge is 0.261 e. The highest BCUT2D eigenvalue weighted by molar-refractivity contribution is 7.92. The van der Waals surface area contributed by atoms with Gasteiger partial charge in [0.25, 0.3) is 10.0 Å². The second-order valence-electron chi connectivity index (χ2n) is 3.99. The summed E-state index contributed by atoms with van der Waals surface area (Å²) < 4.78 is 52.1. The third kappa shape index (κ3) is 3.29. The van der Waals surface area contributed by atoms with E-state index < -0.39 is 21.7 Å². The Morgan fingerprint density at radius 3 is 2.38 bits per heavy atom. The highest BCUT2D eigenvalue weighted by Crippen LogP contribution is 2.23. The Morgan fingerprint density at radius 2 is 1.81 bits per heavy atom. The number of halogens is 3. The number of hydrogen-bond donors (Lipinski definition) is 1. The van der Waals surface area contributed by atoms with E-state index >= 15 is 0 Å². The Hall–Kier alpha value is -2.17. The predicted molar refractivity (Wildman–Crippen MR) is 73.3 cm³/mol. The van der Waals surface area contributed by atoms with E-state index in [0.717, 1.165) is 24.3 Å². The van der Waals surface area contributed by atoms with Crippen LogP contribution in [0.5, 0.6) is 0 Å². The minimum atomic E-state index is -4.02. The number of hydrogen-bond acceptors (Lipinski definition) is 3. The second kappa shape index (κ2) is 5.68. The van der Waals surface area contributed by atoms with Crippen LogP contribution in [0.4, 0.5) is 14.5 Å². The molecule has 0 bridgehead atoms. The topological polar surface area (TPSA) is 70.0 Å². The Bertz CT molecular complexity index is 848. The average Bonchev–Trinajstić information content (AvgIpc) is 2.42. The maximum absolute atomic E-state index is 13.1. The molecule has 0 saturated carbocycles. The van der Waals surface area contributed by atoms with Crippen molar-refractivity contribution in [1.29, 1.82) is 5.26 Å². The Balaban J connectivity index is 2.36. The van der Waals surface area contributed by atoms with Crippen molar-refractivity contribution >= 4 is 27.3 Å². The summed E-state index contributed by atoms with van der Waals surface area (Å²) in [7, 11) is -4.02. The van der Waals surface area contributed by atoms with Crippen LogP contribution in [-0.2, 0) is 10.0 Å². The summed E-state index contributed by atoms with van der Waals surface area (Å²) in [6, 6.07) is 7.95. The molecule has 2 aromatic rings. The summed E-state index contributed by atoms with van der Waals surface area (Å²) in [6.45, 7) is 0. The molecule has 0 fully saturated rings. The lowest BCUT2D eigenvalue weighted by Gasteiger charge is -2.09. The first-order chi connectivity index (χ1) is 9.83. The summed E-state index contributed by atoms with van der Waals surface area (Å²) in [4.78, 5) is -0.198. The van der Waals surface area contributed by atoms with Crippen LogP contribution >= 0.6 is 11.6 Å². The van der Waals surface area contributed by atoms with E-state index in [1.807, 2.05) is 0 Å². The zero-order valence-corrected chi connectivity index (χ0v) is 11.8. The van der Waals surface area contributed by atoms with Gasteiger partial charge in [-0.15, -0.1) is 0 Å². The Labute approximate surface area is 124 Å². The van der Waals surface area contributed by atoms with Crippen molar-refractivity contribution in [2.45, 2.75) is 4.90 Å². The van der Waals surface area contributed by atoms with Crippen molar-refractivity contribution in [2.75, 3.05) is 4.72 Å². The monoisotopic (exact) mass is 328 g/mol. The molecule has 108 valence electrons. The highest BCUT2D eigenvalue weighted by Gasteiger charge is 2.16. The molecule has 0 atom stereocenters. The largest absolute Gasteiger partial charge is 0.280 e. The quantitative estimate of drug-likeness (QED) is 0.939. The van der Waals surface area contributed by atoms with Crippen molar-refractivity contribution in [2.24, 2.45) is 0 Å². The van der Waals surface area contributed by atoms with Gasteiger partial charge in [0.05, 0.1) is 21.2 Å². The van der Waals surface area contributed by atoms with E-state index in [1.165, 1.54) is 12.1 Å². The minimum Gasteiger partial charge on any atom is -0.280 e. The molecule has 0 amide bonds. The zero-order valence-electron chi connectivity index (χ0n) is 10.3. The van der Waals surface area contributed by atoms with Crippen molar-refractivity contribution in [1.82, 2.24) is 0 Å². The lowest BCUT2D eigenvalue weighted by Crippen LogP contribution is -2.13. The lowest BCUT2D eigenvalue weighted by molar-refractivity contribution is 0.509. The summed E-state index contributed by atoms with van der Waals surface area (Å²) in [5.41, 5.74) is -0.00201. The SMILES string of the molecule is N#Cc1ccc(S(=O)(=O)Nc2ccc(F)c(F)c2)cc1Cl. The van der Waals surface area contributed by atoms with Crippen LogP contribution in [0.3, 0.4) is 0 Å². The Kier molecular flexibility index (Phi) is 4.11. The van der Waals surface area contributed by atoms with Gasteiger partial charge in [-0.3, -0.25) is 4.72 Å². The first-order valence-corrected chi connectivity index (χ1v) is 7.37. The van der Waals surface area contributed by atoms with Gasteiger partial charge in [0.1, 0.15) is 6.07 Å². The molecule has 0 aliphatic heterocycles. The molecule has 0 aromatic heterocycles. The number of rotatable bonds is 3. The van der Waals surface area contributed by atoms with Crippen LogP contribution < -0.4 is 4.72 Å². The molecule has 2 rings (SSSR count). The molecule has 1 N–H and O–H groups in total. The standard InChI is InChI=1S/C13H7ClF2N2O2S/c14-11-6-10(3-1-8(11)7-17)21(19,20)18-9-2-4-12(15)13(16)5-9/h1-6,18H. The minimum absolute atomic E-state index is 0.0225. The van der Waals surface area contributed by atoms with Crippen molar-refractivity contribution in [3.8, 4) is 6.07 Å². The van der Waals surface area contributed by atoms with Gasteiger partial charge in [-0.2, -0.15) is 5.26 Å². The summed E-state index contributed by atoms with van der Waals surface area (Å²) in [6.07, 6.45) is 0. The predicted octanol–water partition coefficient (Wildman–Crippen LogP) is 3.29. The normalized spacial score (nSPS) is 11.0. The average molecular weight is 329 g/mol. The first kappa shape index (κ1) is 15.2. The van der Waals surface area contributed by atoms with Crippen LogP contribution in [0, 0.1) is 23.0 Å². The second-order valence-corrected chi connectivity index (χ2v) is 6.08. The number of sulfonamides is 1. The molecular weight excluding hydrogens is 322 g/mol. The number of benzene rings is 2. The molecule has 0 heterocycles. The van der Waals surface area contributed by atoms with Gasteiger partial charge in [-0.1, -0.05) is 11.6 Å². The van der Waals surface area contributed by atoms with Gasteiger partial charge in [0.15, 0.2) is 11.6 Å². The van der Waals surface area contributed by atoms with Crippen molar-refractivity contribution < 1.29 is 17.2 Å². The van der Waals surface area contributed by atoms with E-state index in [4.69, 9.17) is 16.9 Å². The van der Waals surface area contributed by atoms with E-state index in [1.54, 1.807) is 6.07 Å². The van der Waals surface area contributed by atoms with Crippen LogP contribution in [0.1, 0.15) is 5.56 Å². The number of nitriles is 1. The van der Waals surface area contributed by atoms with Crippen molar-refractivity contribution in [3.63, 3.8) is 0 Å². The molecule has 0 unspecified atom stereocenters. The molecule has 0 aliphatic carbocycles. The molecular formula is C13H7ClF2N2O2S. The highest BCUT2D eigenvalue weighted by atomic mass is 35.5. The summed E-state index contributed by atoms with van der Waals surface area (Å²) >= 11 is 5.76. The maximum atomic E-state index is 13.1. The number of anilines is 1. The van der Waals surface area contributed by atoms with Crippen LogP contribution in [0.25, 0.3) is 0 Å². The molecule has 0 radical (unpaired) electrons. The van der Waals surface area contributed by atoms with Crippen LogP contribution in [0.15, 0.2) is 41.3 Å². The molecule has 2 aromatic carbocycles. The fraction of sp³-hybridized carbons (Fsp3) is 0. The lowest BCUT2D eigenvalue weighted by atomic mass is 10.2. The van der Waals surface area contributed by atoms with Gasteiger partial charge in [0.2, 0.25) is 0 Å². The fourth-order valence-corrected chi connectivity index (χ4v) is 2.89. The van der Waals surface area contributed by atoms with Gasteiger partial charge in [0, 0.05) is 6.07 Å². The third-order valence-electron chi connectivity index (χ3n) is 2.54. The molecule has 4 nitrogen and oxygen atoms in total. The fourth-order valence-electron chi connectivity index (χ4n) is 1.53. The summed E-state index contributed by atoms with van der Waals surface area (Å²) in [5.74, 6) is -2.26. The van der Waals surface area contributed by atoms with Gasteiger partial charge in [-0.05, 0) is 30.3 Å². The molecule has 0 saturated heterocycles. The maximum Gasteiger partial charge on any atom is 0.261 e. The first-order valence-electron chi connectivity index (χ1n) is 5.51. The van der Waals surface area contributed by atoms with Gasteiger partial charge in [-0.25, -0.2) is 17.2 Å². The zero-order chi connectivity index (χ0) is 15.6. The molecule has 0 spiro atoms. The Morgan fingerprint density at radius 1 is 1.10 bits per heavy atom. The van der Waals surface area contributed by atoms with Gasteiger partial charge < -0.3 is 0 Å². The number of nitrogens with zero attached hydrogens (tertiary/aromatic N) is 1. The van der Waals surface area contributed by atoms with Crippen LogP contribution in [-0.4, -0.2) is 8.42 Å². The molecule has 21 heavy (non-hydrogen) atoms. The van der Waals surface area contributed by atoms with E-state index in [2.05, 4.69) is 4.72 Å². The molecule has 8 heteroatoms. The summed E-state index contributed by atoms with van der Waals surface area (Å²) in [5, 5.41) is 8.70. The van der Waals surface area contributed by atoms with Gasteiger partial charge >= 0.3 is 0 Å². The molecule has 0 aliphatic rings. The van der Waals surface area contributed by atoms with E-state index in [9.17, 15) is 17.2 Å². The third-order valence-corrected chi connectivity index (χ3v) is 4.23. The number of nitrogens with one attached hydrogen (secondary N) is 1.